The van der Waals surface area contributed by atoms with Gasteiger partial charge in [0.1, 0.15) is 0 Å². The molecule has 0 saturated heterocycles. The van der Waals surface area contributed by atoms with Crippen LogP contribution < -0.4 is 24.8 Å². The second-order valence-electron chi connectivity index (χ2n) is 4.48. The van der Waals surface area contributed by atoms with E-state index in [9.17, 15) is 0 Å². The molecule has 0 amide bonds. The number of nitrogens with zero attached hydrogens (tertiary/aromatic N) is 1. The van der Waals surface area contributed by atoms with E-state index >= 15 is 0 Å². The van der Waals surface area contributed by atoms with Gasteiger partial charge >= 0.3 is 25.8 Å². The van der Waals surface area contributed by atoms with E-state index in [1.54, 1.807) is 0 Å². The molecule has 0 radical (unpaired) electrons. The molecule has 1 unspecified atom stereocenters. The summed E-state index contributed by atoms with van der Waals surface area (Å²) in [5.41, 5.74) is 2.62. The van der Waals surface area contributed by atoms with Crippen LogP contribution in [0, 0.1) is 12.2 Å². The summed E-state index contributed by atoms with van der Waals surface area (Å²) in [5.74, 6) is 0. The third-order valence-electron chi connectivity index (χ3n) is 3.20. The van der Waals surface area contributed by atoms with Crippen molar-refractivity contribution in [1.82, 2.24) is 4.57 Å². The van der Waals surface area contributed by atoms with Gasteiger partial charge in [0.15, 0.2) is 0 Å². The van der Waals surface area contributed by atoms with Crippen molar-refractivity contribution in [1.29, 1.82) is 0 Å². The molecule has 1 heterocycles. The molecule has 0 saturated carbocycles. The molecule has 4 heteroatoms. The fourth-order valence-corrected chi connectivity index (χ4v) is 2.26. The summed E-state index contributed by atoms with van der Waals surface area (Å²) in [6.07, 6.45) is 19.6. The monoisotopic (exact) mass is 495 g/mol. The molecule has 1 aromatic heterocycles. The van der Waals surface area contributed by atoms with Crippen molar-refractivity contribution in [2.24, 2.45) is 0 Å². The van der Waals surface area contributed by atoms with E-state index in [1.165, 1.54) is 11.1 Å². The Bertz CT molecular complexity index is 620. The number of hydrogen-bond acceptors (Lipinski definition) is 0. The Morgan fingerprint density at radius 3 is 2.32 bits per heavy atom. The maximum absolute atomic E-state index is 3.36. The minimum atomic E-state index is 0. The van der Waals surface area contributed by atoms with Crippen LogP contribution in [0.4, 0.5) is 0 Å². The standard InChI is InChI=1S/C13H10N.C5H5.2ClH.Hf/c1-2-6-12-11(5-1)7-8-13(12)14-9-3-4-10-14;1-2-4-5-3-1;;;/h1-7,9-10,13H;1-3H,4H2;2*1H;/q2*-1;;;+4/p-2. The number of rotatable bonds is 1. The van der Waals surface area contributed by atoms with Crippen LogP contribution in [-0.4, -0.2) is 4.57 Å². The summed E-state index contributed by atoms with van der Waals surface area (Å²) in [5, 5.41) is 0. The van der Waals surface area contributed by atoms with Crippen LogP contribution in [0.2, 0.25) is 0 Å². The quantitative estimate of drug-likeness (QED) is 0.326. The van der Waals surface area contributed by atoms with E-state index in [1.807, 2.05) is 24.3 Å². The largest absolute Gasteiger partial charge is 4.00 e. The first kappa shape index (κ1) is 21.2. The first-order valence-electron chi connectivity index (χ1n) is 6.47. The van der Waals surface area contributed by atoms with Gasteiger partial charge in [-0.1, -0.05) is 18.2 Å². The second kappa shape index (κ2) is 10.8. The van der Waals surface area contributed by atoms with Crippen molar-refractivity contribution in [3.05, 3.63) is 90.3 Å². The Morgan fingerprint density at radius 1 is 1.00 bits per heavy atom. The molecular weight excluding hydrogens is 480 g/mol. The third-order valence-corrected chi connectivity index (χ3v) is 3.20. The SMILES string of the molecule is [C-]1=CC=CC1.[C-]1=Cc2ccccc2C1n1cccc1.[Cl-].[Cl-].[Hf+4]. The summed E-state index contributed by atoms with van der Waals surface area (Å²) in [6.45, 7) is 0. The smallest absolute Gasteiger partial charge is 1.00 e. The van der Waals surface area contributed by atoms with E-state index in [0.29, 0.717) is 0 Å². The molecule has 0 N–H and O–H groups in total. The topological polar surface area (TPSA) is 4.93 Å². The number of halogens is 2. The van der Waals surface area contributed by atoms with Crippen molar-refractivity contribution < 1.29 is 50.7 Å². The molecule has 0 aliphatic heterocycles. The third kappa shape index (κ3) is 5.12. The van der Waals surface area contributed by atoms with Gasteiger partial charge in [0.2, 0.25) is 0 Å². The Kier molecular flexibility index (Phi) is 10.4. The summed E-state index contributed by atoms with van der Waals surface area (Å²) in [7, 11) is 0. The van der Waals surface area contributed by atoms with E-state index in [2.05, 4.69) is 65.5 Å². The summed E-state index contributed by atoms with van der Waals surface area (Å²) in [6, 6.07) is 12.8. The maximum atomic E-state index is 3.36. The minimum Gasteiger partial charge on any atom is -1.00 e. The number of hydrogen-bond donors (Lipinski definition) is 0. The van der Waals surface area contributed by atoms with E-state index in [0.717, 1.165) is 6.42 Å². The number of allylic oxidation sites excluding steroid dienone is 5. The Hall–Kier alpha value is -0.830. The molecule has 0 fully saturated rings. The van der Waals surface area contributed by atoms with Gasteiger partial charge < -0.3 is 29.4 Å². The van der Waals surface area contributed by atoms with E-state index in [4.69, 9.17) is 0 Å². The van der Waals surface area contributed by atoms with Crippen LogP contribution in [0.3, 0.4) is 0 Å². The van der Waals surface area contributed by atoms with E-state index in [-0.39, 0.29) is 56.7 Å². The average molecular weight is 495 g/mol. The second-order valence-corrected chi connectivity index (χ2v) is 4.48. The Labute approximate surface area is 163 Å². The molecule has 2 aliphatic carbocycles. The number of benzene rings is 1. The zero-order valence-corrected chi connectivity index (χ0v) is 17.0. The Balaban J connectivity index is 0.000000482. The summed E-state index contributed by atoms with van der Waals surface area (Å²) >= 11 is 0. The van der Waals surface area contributed by atoms with Crippen LogP contribution in [-0.2, 0) is 25.8 Å². The summed E-state index contributed by atoms with van der Waals surface area (Å²) < 4.78 is 2.17. The zero-order valence-electron chi connectivity index (χ0n) is 11.9. The van der Waals surface area contributed by atoms with Crippen LogP contribution in [0.25, 0.3) is 6.08 Å². The van der Waals surface area contributed by atoms with Gasteiger partial charge in [0.05, 0.1) is 0 Å². The molecule has 22 heavy (non-hydrogen) atoms. The van der Waals surface area contributed by atoms with Gasteiger partial charge in [0, 0.05) is 12.4 Å². The van der Waals surface area contributed by atoms with Crippen molar-refractivity contribution in [2.45, 2.75) is 12.5 Å². The van der Waals surface area contributed by atoms with Crippen molar-refractivity contribution in [3.63, 3.8) is 0 Å². The van der Waals surface area contributed by atoms with Gasteiger partial charge in [0.25, 0.3) is 0 Å². The van der Waals surface area contributed by atoms with Crippen molar-refractivity contribution in [2.75, 3.05) is 0 Å². The molecule has 1 aromatic carbocycles. The number of aromatic nitrogens is 1. The predicted octanol–water partition coefficient (Wildman–Crippen LogP) is -1.78. The van der Waals surface area contributed by atoms with Gasteiger partial charge in [-0.3, -0.25) is 6.08 Å². The molecule has 1 nitrogen and oxygen atoms in total. The molecule has 0 bridgehead atoms. The fraction of sp³-hybridized carbons (Fsp3) is 0.111. The van der Waals surface area contributed by atoms with Gasteiger partial charge in [-0.15, -0.1) is 18.1 Å². The first-order chi connectivity index (χ1) is 9.45. The molecule has 2 aliphatic rings. The molecule has 4 rings (SSSR count). The van der Waals surface area contributed by atoms with Gasteiger partial charge in [-0.05, 0) is 18.2 Å². The molecular formula is C18H15Cl2HfN. The average Bonchev–Trinajstić information content (AvgIpc) is 3.21. The normalized spacial score (nSPS) is 15.7. The molecule has 2 aromatic rings. The van der Waals surface area contributed by atoms with Crippen LogP contribution >= 0.6 is 0 Å². The predicted molar refractivity (Wildman–Crippen MR) is 78.3 cm³/mol. The fourth-order valence-electron chi connectivity index (χ4n) is 2.26. The van der Waals surface area contributed by atoms with Crippen LogP contribution in [0.15, 0.2) is 67.0 Å². The maximum Gasteiger partial charge on any atom is 4.00 e. The zero-order chi connectivity index (χ0) is 12.9. The molecule has 0 spiro atoms. The van der Waals surface area contributed by atoms with Crippen LogP contribution in [0.1, 0.15) is 23.6 Å². The van der Waals surface area contributed by atoms with Crippen LogP contribution in [0.5, 0.6) is 0 Å². The van der Waals surface area contributed by atoms with Gasteiger partial charge in [-0.2, -0.15) is 11.6 Å². The van der Waals surface area contributed by atoms with Crippen molar-refractivity contribution in [3.8, 4) is 0 Å². The molecule has 1 atom stereocenters. The van der Waals surface area contributed by atoms with E-state index < -0.39 is 0 Å². The summed E-state index contributed by atoms with van der Waals surface area (Å²) in [4.78, 5) is 0. The van der Waals surface area contributed by atoms with Crippen molar-refractivity contribution >= 4 is 6.08 Å². The first-order valence-corrected chi connectivity index (χ1v) is 6.47. The van der Waals surface area contributed by atoms with Gasteiger partial charge in [-0.25, -0.2) is 24.3 Å². The Morgan fingerprint density at radius 2 is 1.73 bits per heavy atom. The number of fused-ring (bicyclic) bond motifs is 1. The molecule has 110 valence electrons. The minimum absolute atomic E-state index is 0.